The Balaban J connectivity index is 2.24. The van der Waals surface area contributed by atoms with Crippen LogP contribution in [0.25, 0.3) is 0 Å². The minimum atomic E-state index is 0.623. The molecular formula is C9H7BrClN3S. The zero-order valence-corrected chi connectivity index (χ0v) is 11.0. The van der Waals surface area contributed by atoms with Gasteiger partial charge in [0.25, 0.3) is 0 Å². The minimum Gasteiger partial charge on any atom is -0.275 e. The highest BCUT2D eigenvalue weighted by molar-refractivity contribution is 9.10. The lowest BCUT2D eigenvalue weighted by Gasteiger charge is -2.00. The molecule has 0 unspecified atom stereocenters. The normalized spacial score (nSPS) is 10.6. The third-order valence-electron chi connectivity index (χ3n) is 1.67. The Morgan fingerprint density at radius 3 is 2.87 bits per heavy atom. The zero-order chi connectivity index (χ0) is 10.8. The Morgan fingerprint density at radius 2 is 2.27 bits per heavy atom. The van der Waals surface area contributed by atoms with Gasteiger partial charge in [-0.2, -0.15) is 5.10 Å². The first kappa shape index (κ1) is 11.0. The monoisotopic (exact) mass is 303 g/mol. The van der Waals surface area contributed by atoms with Crippen LogP contribution in [0.3, 0.4) is 0 Å². The van der Waals surface area contributed by atoms with E-state index in [1.54, 1.807) is 28.8 Å². The Hall–Kier alpha value is -0.520. The number of hydrogen-bond donors (Lipinski definition) is 0. The first-order valence-electron chi connectivity index (χ1n) is 4.13. The fourth-order valence-corrected chi connectivity index (χ4v) is 2.71. The zero-order valence-electron chi connectivity index (χ0n) is 7.82. The van der Waals surface area contributed by atoms with Crippen LogP contribution in [-0.4, -0.2) is 14.8 Å². The lowest BCUT2D eigenvalue weighted by molar-refractivity contribution is 0.766. The molecule has 15 heavy (non-hydrogen) atoms. The van der Waals surface area contributed by atoms with Crippen LogP contribution in [-0.2, 0) is 7.05 Å². The topological polar surface area (TPSA) is 30.7 Å². The summed E-state index contributed by atoms with van der Waals surface area (Å²) in [6, 6.07) is 1.83. The van der Waals surface area contributed by atoms with E-state index in [1.807, 2.05) is 19.3 Å². The molecule has 3 nitrogen and oxygen atoms in total. The molecule has 2 heterocycles. The molecular weight excluding hydrogens is 298 g/mol. The second-order valence-corrected chi connectivity index (χ2v) is 5.25. The van der Waals surface area contributed by atoms with E-state index in [-0.39, 0.29) is 0 Å². The van der Waals surface area contributed by atoms with Crippen molar-refractivity contribution in [3.05, 3.63) is 34.2 Å². The maximum absolute atomic E-state index is 5.81. The number of pyridine rings is 1. The highest BCUT2D eigenvalue weighted by Gasteiger charge is 2.05. The molecule has 0 amide bonds. The Bertz CT molecular complexity index is 486. The lowest BCUT2D eigenvalue weighted by atomic mass is 10.5. The minimum absolute atomic E-state index is 0.623. The molecule has 0 atom stereocenters. The van der Waals surface area contributed by atoms with Crippen LogP contribution in [0.1, 0.15) is 0 Å². The summed E-state index contributed by atoms with van der Waals surface area (Å²) >= 11 is 10.8. The number of hydrogen-bond acceptors (Lipinski definition) is 3. The van der Waals surface area contributed by atoms with Crippen molar-refractivity contribution in [1.29, 1.82) is 0 Å². The first-order valence-corrected chi connectivity index (χ1v) is 6.11. The van der Waals surface area contributed by atoms with E-state index in [9.17, 15) is 0 Å². The van der Waals surface area contributed by atoms with Crippen molar-refractivity contribution >= 4 is 39.3 Å². The van der Waals surface area contributed by atoms with Gasteiger partial charge in [-0.25, -0.2) is 4.98 Å². The van der Waals surface area contributed by atoms with E-state index in [2.05, 4.69) is 26.0 Å². The van der Waals surface area contributed by atoms with E-state index in [1.165, 1.54) is 0 Å². The smallest absolute Gasteiger partial charge is 0.115 e. The van der Waals surface area contributed by atoms with Crippen molar-refractivity contribution in [2.24, 2.45) is 7.05 Å². The Morgan fingerprint density at radius 1 is 1.47 bits per heavy atom. The largest absolute Gasteiger partial charge is 0.275 e. The van der Waals surface area contributed by atoms with Crippen LogP contribution < -0.4 is 0 Å². The molecule has 0 aliphatic carbocycles. The van der Waals surface area contributed by atoms with E-state index in [4.69, 9.17) is 11.6 Å². The van der Waals surface area contributed by atoms with Gasteiger partial charge in [0.05, 0.1) is 20.6 Å². The third-order valence-corrected chi connectivity index (χ3v) is 3.71. The predicted octanol–water partition coefficient (Wildman–Crippen LogP) is 3.38. The molecule has 2 aromatic rings. The van der Waals surface area contributed by atoms with Gasteiger partial charge < -0.3 is 0 Å². The number of aromatic nitrogens is 3. The van der Waals surface area contributed by atoms with E-state index in [0.29, 0.717) is 5.02 Å². The average molecular weight is 305 g/mol. The Kier molecular flexibility index (Phi) is 3.33. The molecule has 0 aliphatic rings. The number of halogens is 2. The molecule has 0 bridgehead atoms. The van der Waals surface area contributed by atoms with Crippen LogP contribution in [0.5, 0.6) is 0 Å². The van der Waals surface area contributed by atoms with Gasteiger partial charge in [0.15, 0.2) is 0 Å². The van der Waals surface area contributed by atoms with Crippen LogP contribution in [0.15, 0.2) is 39.1 Å². The van der Waals surface area contributed by atoms with Gasteiger partial charge in [-0.3, -0.25) is 4.68 Å². The van der Waals surface area contributed by atoms with E-state index in [0.717, 1.165) is 14.4 Å². The first-order chi connectivity index (χ1) is 7.15. The summed E-state index contributed by atoms with van der Waals surface area (Å²) in [6.45, 7) is 0. The number of aryl methyl sites for hydroxylation is 1. The molecule has 2 rings (SSSR count). The maximum Gasteiger partial charge on any atom is 0.115 e. The van der Waals surface area contributed by atoms with Gasteiger partial charge >= 0.3 is 0 Å². The highest BCUT2D eigenvalue weighted by atomic mass is 79.9. The number of rotatable bonds is 2. The van der Waals surface area contributed by atoms with Crippen molar-refractivity contribution in [2.75, 3.05) is 0 Å². The van der Waals surface area contributed by atoms with Gasteiger partial charge in [-0.1, -0.05) is 23.4 Å². The second kappa shape index (κ2) is 4.55. The molecule has 0 spiro atoms. The van der Waals surface area contributed by atoms with Crippen molar-refractivity contribution in [1.82, 2.24) is 14.8 Å². The van der Waals surface area contributed by atoms with Crippen molar-refractivity contribution in [2.45, 2.75) is 9.92 Å². The quantitative estimate of drug-likeness (QED) is 0.852. The molecule has 0 saturated carbocycles. The summed E-state index contributed by atoms with van der Waals surface area (Å²) in [4.78, 5) is 5.28. The molecule has 2 aromatic heterocycles. The molecule has 78 valence electrons. The molecule has 0 aliphatic heterocycles. The highest BCUT2D eigenvalue weighted by Crippen LogP contribution is 2.32. The van der Waals surface area contributed by atoms with Gasteiger partial charge in [0.2, 0.25) is 0 Å². The second-order valence-electron chi connectivity index (χ2n) is 2.89. The van der Waals surface area contributed by atoms with Crippen LogP contribution in [0.2, 0.25) is 5.02 Å². The van der Waals surface area contributed by atoms with Crippen molar-refractivity contribution in [3.8, 4) is 0 Å². The molecule has 0 aromatic carbocycles. The lowest BCUT2D eigenvalue weighted by Crippen LogP contribution is -1.84. The maximum atomic E-state index is 5.81. The summed E-state index contributed by atoms with van der Waals surface area (Å²) in [7, 11) is 1.88. The molecule has 0 saturated heterocycles. The molecule has 0 radical (unpaired) electrons. The number of nitrogens with zero attached hydrogens (tertiary/aromatic N) is 3. The fraction of sp³-hybridized carbons (Fsp3) is 0.111. The van der Waals surface area contributed by atoms with Gasteiger partial charge in [0, 0.05) is 19.4 Å². The van der Waals surface area contributed by atoms with Gasteiger partial charge in [-0.05, 0) is 22.0 Å². The third kappa shape index (κ3) is 2.74. The fourth-order valence-electron chi connectivity index (χ4n) is 1.04. The van der Waals surface area contributed by atoms with Crippen LogP contribution >= 0.6 is 39.3 Å². The average Bonchev–Trinajstić information content (AvgIpc) is 2.56. The molecule has 6 heteroatoms. The van der Waals surface area contributed by atoms with E-state index < -0.39 is 0 Å². The van der Waals surface area contributed by atoms with Crippen LogP contribution in [0, 0.1) is 0 Å². The molecule has 0 fully saturated rings. The SMILES string of the molecule is Cn1cc(Sc2ncc(Cl)cc2Br)cn1. The van der Waals surface area contributed by atoms with E-state index >= 15 is 0 Å². The Labute approximate surface area is 105 Å². The molecule has 0 N–H and O–H groups in total. The summed E-state index contributed by atoms with van der Waals surface area (Å²) < 4.78 is 2.65. The van der Waals surface area contributed by atoms with Crippen LogP contribution in [0.4, 0.5) is 0 Å². The van der Waals surface area contributed by atoms with Gasteiger partial charge in [-0.15, -0.1) is 0 Å². The van der Waals surface area contributed by atoms with Gasteiger partial charge in [0.1, 0.15) is 5.03 Å². The van der Waals surface area contributed by atoms with Crippen molar-refractivity contribution < 1.29 is 0 Å². The predicted molar refractivity (Wildman–Crippen MR) is 64.3 cm³/mol. The summed E-state index contributed by atoms with van der Waals surface area (Å²) in [5, 5.41) is 5.59. The summed E-state index contributed by atoms with van der Waals surface area (Å²) in [5.41, 5.74) is 0. The van der Waals surface area contributed by atoms with Crippen molar-refractivity contribution in [3.63, 3.8) is 0 Å². The summed E-state index contributed by atoms with van der Waals surface area (Å²) in [5.74, 6) is 0. The standard InChI is InChI=1S/C9H7BrClN3S/c1-14-5-7(4-13-14)15-9-8(10)2-6(11)3-12-9/h2-5H,1H3. The summed E-state index contributed by atoms with van der Waals surface area (Å²) in [6.07, 6.45) is 5.37.